The third-order valence-corrected chi connectivity index (χ3v) is 4.57. The van der Waals surface area contributed by atoms with Gasteiger partial charge in [0.1, 0.15) is 0 Å². The van der Waals surface area contributed by atoms with Gasteiger partial charge in [0.05, 0.1) is 23.1 Å². The number of nitrogens with one attached hydrogen (secondary N) is 2. The zero-order valence-electron chi connectivity index (χ0n) is 15.0. The highest BCUT2D eigenvalue weighted by molar-refractivity contribution is 6.05. The van der Waals surface area contributed by atoms with Crippen LogP contribution in [-0.2, 0) is 0 Å². The van der Waals surface area contributed by atoms with Gasteiger partial charge in [0.25, 0.3) is 11.8 Å². The summed E-state index contributed by atoms with van der Waals surface area (Å²) in [5.41, 5.74) is 3.40. The molecule has 6 nitrogen and oxygen atoms in total. The highest BCUT2D eigenvalue weighted by atomic mass is 16.2. The molecule has 1 aliphatic rings. The van der Waals surface area contributed by atoms with Gasteiger partial charge in [-0.3, -0.25) is 9.59 Å². The molecule has 0 spiro atoms. The zero-order valence-corrected chi connectivity index (χ0v) is 15.0. The lowest BCUT2D eigenvalue weighted by Gasteiger charge is -2.08. The summed E-state index contributed by atoms with van der Waals surface area (Å²) < 4.78 is 1.74. The van der Waals surface area contributed by atoms with Crippen molar-refractivity contribution in [2.45, 2.75) is 25.8 Å². The van der Waals surface area contributed by atoms with Crippen molar-refractivity contribution in [2.75, 3.05) is 5.32 Å². The van der Waals surface area contributed by atoms with Crippen LogP contribution in [0.4, 0.5) is 5.69 Å². The van der Waals surface area contributed by atoms with Crippen LogP contribution in [0.25, 0.3) is 5.69 Å². The Bertz CT molecular complexity index is 973. The number of carbonyl (C=O) groups excluding carboxylic acids is 2. The Balaban J connectivity index is 1.46. The number of hydrogen-bond acceptors (Lipinski definition) is 3. The number of rotatable bonds is 5. The third-order valence-electron chi connectivity index (χ3n) is 4.57. The first kappa shape index (κ1) is 17.0. The lowest BCUT2D eigenvalue weighted by Crippen LogP contribution is -2.25. The Kier molecular flexibility index (Phi) is 4.46. The summed E-state index contributed by atoms with van der Waals surface area (Å²) >= 11 is 0. The normalized spacial score (nSPS) is 13.2. The van der Waals surface area contributed by atoms with E-state index in [1.54, 1.807) is 35.1 Å². The summed E-state index contributed by atoms with van der Waals surface area (Å²) in [5.74, 6) is -0.305. The molecule has 0 atom stereocenters. The molecule has 0 radical (unpaired) electrons. The summed E-state index contributed by atoms with van der Waals surface area (Å²) in [7, 11) is 0. The largest absolute Gasteiger partial charge is 0.349 e. The number of aromatic nitrogens is 2. The summed E-state index contributed by atoms with van der Waals surface area (Å²) in [6.45, 7) is 1.86. The molecule has 1 saturated carbocycles. The molecule has 0 unspecified atom stereocenters. The molecule has 2 aromatic carbocycles. The molecule has 27 heavy (non-hydrogen) atoms. The zero-order chi connectivity index (χ0) is 18.8. The van der Waals surface area contributed by atoms with Crippen LogP contribution < -0.4 is 10.6 Å². The molecule has 1 fully saturated rings. The smallest absolute Gasteiger partial charge is 0.259 e. The Morgan fingerprint density at radius 2 is 1.70 bits per heavy atom. The van der Waals surface area contributed by atoms with Crippen molar-refractivity contribution in [1.29, 1.82) is 0 Å². The highest BCUT2D eigenvalue weighted by Gasteiger charge is 2.23. The number of nitrogens with zero attached hydrogens (tertiary/aromatic N) is 2. The van der Waals surface area contributed by atoms with Crippen molar-refractivity contribution in [3.8, 4) is 5.69 Å². The van der Waals surface area contributed by atoms with E-state index in [1.165, 1.54) is 0 Å². The maximum atomic E-state index is 12.6. The van der Waals surface area contributed by atoms with Gasteiger partial charge < -0.3 is 10.6 Å². The van der Waals surface area contributed by atoms with E-state index in [-0.39, 0.29) is 11.8 Å². The van der Waals surface area contributed by atoms with Crippen LogP contribution in [0.5, 0.6) is 0 Å². The molecule has 1 aliphatic carbocycles. The molecular formula is C21H20N4O2. The summed E-state index contributed by atoms with van der Waals surface area (Å²) in [4.78, 5) is 24.6. The van der Waals surface area contributed by atoms with Gasteiger partial charge in [-0.05, 0) is 56.2 Å². The fourth-order valence-electron chi connectivity index (χ4n) is 2.86. The minimum absolute atomic E-state index is 0.0737. The molecule has 0 bridgehead atoms. The lowest BCUT2D eigenvalue weighted by atomic mass is 10.2. The molecule has 0 aliphatic heterocycles. The number of carbonyl (C=O) groups is 2. The van der Waals surface area contributed by atoms with E-state index in [2.05, 4.69) is 15.7 Å². The summed E-state index contributed by atoms with van der Waals surface area (Å²) in [5, 5.41) is 10.1. The van der Waals surface area contributed by atoms with E-state index in [4.69, 9.17) is 0 Å². The van der Waals surface area contributed by atoms with Gasteiger partial charge in [-0.1, -0.05) is 18.2 Å². The van der Waals surface area contributed by atoms with E-state index in [0.29, 0.717) is 22.9 Å². The van der Waals surface area contributed by atoms with Crippen LogP contribution in [-0.4, -0.2) is 27.6 Å². The van der Waals surface area contributed by atoms with Gasteiger partial charge in [-0.25, -0.2) is 4.68 Å². The Morgan fingerprint density at radius 3 is 2.37 bits per heavy atom. The van der Waals surface area contributed by atoms with E-state index in [1.807, 2.05) is 37.3 Å². The second kappa shape index (κ2) is 7.07. The molecule has 2 N–H and O–H groups in total. The van der Waals surface area contributed by atoms with Crippen molar-refractivity contribution in [1.82, 2.24) is 15.1 Å². The number of para-hydroxylation sites is 1. The van der Waals surface area contributed by atoms with Crippen molar-refractivity contribution in [2.24, 2.45) is 0 Å². The van der Waals surface area contributed by atoms with Crippen LogP contribution in [0, 0.1) is 6.92 Å². The molecule has 2 amide bonds. The average molecular weight is 360 g/mol. The SMILES string of the molecule is Cc1c(C(=O)Nc2ccc(C(=O)NC3CC3)cc2)cnn1-c1ccccc1. The van der Waals surface area contributed by atoms with Crippen molar-refractivity contribution >= 4 is 17.5 Å². The Hall–Kier alpha value is -3.41. The highest BCUT2D eigenvalue weighted by Crippen LogP contribution is 2.20. The minimum Gasteiger partial charge on any atom is -0.349 e. The Morgan fingerprint density at radius 1 is 1.00 bits per heavy atom. The van der Waals surface area contributed by atoms with Gasteiger partial charge in [0.2, 0.25) is 0 Å². The molecule has 4 rings (SSSR count). The number of benzene rings is 2. The van der Waals surface area contributed by atoms with Gasteiger partial charge in [-0.2, -0.15) is 5.10 Å². The van der Waals surface area contributed by atoms with Gasteiger partial charge in [-0.15, -0.1) is 0 Å². The fraction of sp³-hybridized carbons (Fsp3) is 0.190. The molecule has 6 heteroatoms. The van der Waals surface area contributed by atoms with Crippen molar-refractivity contribution in [3.63, 3.8) is 0 Å². The van der Waals surface area contributed by atoms with Crippen LogP contribution >= 0.6 is 0 Å². The summed E-state index contributed by atoms with van der Waals surface area (Å²) in [6, 6.07) is 16.9. The van der Waals surface area contributed by atoms with E-state index in [9.17, 15) is 9.59 Å². The van der Waals surface area contributed by atoms with Gasteiger partial charge in [0, 0.05) is 17.3 Å². The van der Waals surface area contributed by atoms with Crippen molar-refractivity contribution < 1.29 is 9.59 Å². The topological polar surface area (TPSA) is 76.0 Å². The van der Waals surface area contributed by atoms with Crippen LogP contribution in [0.15, 0.2) is 60.8 Å². The molecule has 3 aromatic rings. The molecule has 1 aromatic heterocycles. The second-order valence-corrected chi connectivity index (χ2v) is 6.67. The monoisotopic (exact) mass is 360 g/mol. The quantitative estimate of drug-likeness (QED) is 0.733. The number of amides is 2. The van der Waals surface area contributed by atoms with Gasteiger partial charge >= 0.3 is 0 Å². The van der Waals surface area contributed by atoms with E-state index in [0.717, 1.165) is 24.2 Å². The predicted molar refractivity (Wildman–Crippen MR) is 103 cm³/mol. The molecule has 1 heterocycles. The Labute approximate surface area is 157 Å². The van der Waals surface area contributed by atoms with E-state index < -0.39 is 0 Å². The van der Waals surface area contributed by atoms with Crippen molar-refractivity contribution in [3.05, 3.63) is 77.6 Å². The molecule has 136 valence electrons. The van der Waals surface area contributed by atoms with E-state index >= 15 is 0 Å². The second-order valence-electron chi connectivity index (χ2n) is 6.67. The first-order chi connectivity index (χ1) is 13.1. The van der Waals surface area contributed by atoms with Crippen LogP contribution in [0.1, 0.15) is 39.3 Å². The maximum Gasteiger partial charge on any atom is 0.259 e. The third kappa shape index (κ3) is 3.74. The number of hydrogen-bond donors (Lipinski definition) is 2. The molecule has 0 saturated heterocycles. The maximum absolute atomic E-state index is 12.6. The standard InChI is InChI=1S/C21H20N4O2/c1-14-19(13-22-25(14)18-5-3-2-4-6-18)21(27)24-16-9-7-15(8-10-16)20(26)23-17-11-12-17/h2-10,13,17H,11-12H2,1H3,(H,23,26)(H,24,27). The first-order valence-electron chi connectivity index (χ1n) is 8.94. The predicted octanol–water partition coefficient (Wildman–Crippen LogP) is 3.33. The van der Waals surface area contributed by atoms with Crippen LogP contribution in [0.2, 0.25) is 0 Å². The van der Waals surface area contributed by atoms with Gasteiger partial charge in [0.15, 0.2) is 0 Å². The molecular weight excluding hydrogens is 340 g/mol. The van der Waals surface area contributed by atoms with Crippen LogP contribution in [0.3, 0.4) is 0 Å². The lowest BCUT2D eigenvalue weighted by molar-refractivity contribution is 0.0950. The first-order valence-corrected chi connectivity index (χ1v) is 8.94. The number of anilines is 1. The summed E-state index contributed by atoms with van der Waals surface area (Å²) in [6.07, 6.45) is 3.67. The minimum atomic E-state index is -0.232. The average Bonchev–Trinajstić information content (AvgIpc) is 3.41. The fourth-order valence-corrected chi connectivity index (χ4v) is 2.86.